The summed E-state index contributed by atoms with van der Waals surface area (Å²) >= 11 is 1.67. The van der Waals surface area contributed by atoms with Crippen LogP contribution in [0.3, 0.4) is 0 Å². The van der Waals surface area contributed by atoms with E-state index in [9.17, 15) is 4.79 Å². The molecule has 0 spiro atoms. The van der Waals surface area contributed by atoms with Crippen LogP contribution in [-0.4, -0.2) is 10.8 Å². The van der Waals surface area contributed by atoms with Gasteiger partial charge in [-0.15, -0.1) is 11.3 Å². The lowest BCUT2D eigenvalue weighted by Gasteiger charge is -2.27. The first-order chi connectivity index (χ1) is 10.3. The number of para-hydroxylation sites is 1. The monoisotopic (exact) mass is 301 g/mol. The predicted octanol–water partition coefficient (Wildman–Crippen LogP) is 5.01. The van der Waals surface area contributed by atoms with Crippen LogP contribution in [0, 0.1) is 11.8 Å². The van der Waals surface area contributed by atoms with E-state index >= 15 is 0 Å². The molecule has 0 radical (unpaired) electrons. The van der Waals surface area contributed by atoms with Crippen LogP contribution in [0.15, 0.2) is 24.3 Å². The Labute approximate surface area is 130 Å². The molecule has 0 unspecified atom stereocenters. The SMILES string of the molecule is CCCC1CCC(C(=O)Cc2nc3ccccc3s2)CC1. The zero-order chi connectivity index (χ0) is 14.7. The smallest absolute Gasteiger partial charge is 0.142 e. The maximum atomic E-state index is 12.5. The Hall–Kier alpha value is -1.22. The lowest BCUT2D eigenvalue weighted by atomic mass is 9.78. The first kappa shape index (κ1) is 14.7. The van der Waals surface area contributed by atoms with Gasteiger partial charge in [-0.2, -0.15) is 0 Å². The van der Waals surface area contributed by atoms with Gasteiger partial charge in [0.1, 0.15) is 10.8 Å². The molecular formula is C18H23NOS. The van der Waals surface area contributed by atoms with E-state index in [0.717, 1.165) is 29.3 Å². The van der Waals surface area contributed by atoms with Crippen molar-refractivity contribution in [3.8, 4) is 0 Å². The normalized spacial score (nSPS) is 22.5. The predicted molar refractivity (Wildman–Crippen MR) is 88.7 cm³/mol. The Kier molecular flexibility index (Phi) is 4.69. The molecular weight excluding hydrogens is 278 g/mol. The molecule has 21 heavy (non-hydrogen) atoms. The van der Waals surface area contributed by atoms with Crippen LogP contribution >= 0.6 is 11.3 Å². The third kappa shape index (κ3) is 3.52. The quantitative estimate of drug-likeness (QED) is 0.776. The minimum atomic E-state index is 0.283. The second-order valence-corrected chi connectivity index (χ2v) is 7.34. The largest absolute Gasteiger partial charge is 0.299 e. The molecule has 1 aliphatic rings. The molecule has 1 heterocycles. The number of fused-ring (bicyclic) bond motifs is 1. The number of benzene rings is 1. The van der Waals surface area contributed by atoms with Gasteiger partial charge >= 0.3 is 0 Å². The van der Waals surface area contributed by atoms with Gasteiger partial charge in [-0.1, -0.05) is 31.9 Å². The minimum absolute atomic E-state index is 0.283. The second-order valence-electron chi connectivity index (χ2n) is 6.22. The fourth-order valence-corrected chi connectivity index (χ4v) is 4.45. The molecule has 2 nitrogen and oxygen atoms in total. The minimum Gasteiger partial charge on any atom is -0.299 e. The molecule has 3 rings (SSSR count). The van der Waals surface area contributed by atoms with Gasteiger partial charge < -0.3 is 0 Å². The van der Waals surface area contributed by atoms with E-state index in [2.05, 4.69) is 18.0 Å². The van der Waals surface area contributed by atoms with Gasteiger partial charge in [0.15, 0.2) is 0 Å². The average Bonchev–Trinajstić information content (AvgIpc) is 2.90. The van der Waals surface area contributed by atoms with Crippen LogP contribution in [0.2, 0.25) is 0 Å². The Balaban J connectivity index is 1.59. The molecule has 0 saturated heterocycles. The third-order valence-corrected chi connectivity index (χ3v) is 5.70. The van der Waals surface area contributed by atoms with E-state index < -0.39 is 0 Å². The van der Waals surface area contributed by atoms with Crippen LogP contribution in [0.25, 0.3) is 10.2 Å². The van der Waals surface area contributed by atoms with Gasteiger partial charge in [0.2, 0.25) is 0 Å². The number of rotatable bonds is 5. The van der Waals surface area contributed by atoms with Gasteiger partial charge in [0, 0.05) is 5.92 Å². The number of hydrogen-bond acceptors (Lipinski definition) is 3. The van der Waals surface area contributed by atoms with Crippen molar-refractivity contribution < 1.29 is 4.79 Å². The van der Waals surface area contributed by atoms with Crippen molar-refractivity contribution in [1.82, 2.24) is 4.98 Å². The van der Waals surface area contributed by atoms with Crippen molar-refractivity contribution in [2.24, 2.45) is 11.8 Å². The highest BCUT2D eigenvalue weighted by molar-refractivity contribution is 7.18. The van der Waals surface area contributed by atoms with E-state index in [1.165, 1.54) is 30.4 Å². The molecule has 1 fully saturated rings. The summed E-state index contributed by atoms with van der Waals surface area (Å²) in [6.45, 7) is 2.25. The molecule has 1 aromatic carbocycles. The summed E-state index contributed by atoms with van der Waals surface area (Å²) in [6.07, 6.45) is 7.80. The Bertz CT molecular complexity index is 577. The highest BCUT2D eigenvalue weighted by Gasteiger charge is 2.26. The van der Waals surface area contributed by atoms with E-state index in [4.69, 9.17) is 0 Å². The summed E-state index contributed by atoms with van der Waals surface area (Å²) < 4.78 is 1.19. The number of ketones is 1. The fraction of sp³-hybridized carbons (Fsp3) is 0.556. The Morgan fingerprint density at radius 2 is 2.00 bits per heavy atom. The number of nitrogens with zero attached hydrogens (tertiary/aromatic N) is 1. The topological polar surface area (TPSA) is 30.0 Å². The third-order valence-electron chi connectivity index (χ3n) is 4.66. The molecule has 1 saturated carbocycles. The van der Waals surface area contributed by atoms with Gasteiger partial charge in [-0.3, -0.25) is 4.79 Å². The van der Waals surface area contributed by atoms with Crippen LogP contribution in [0.1, 0.15) is 50.5 Å². The van der Waals surface area contributed by atoms with E-state index in [-0.39, 0.29) is 5.92 Å². The molecule has 0 atom stereocenters. The molecule has 0 bridgehead atoms. The molecule has 2 aromatic rings. The highest BCUT2D eigenvalue weighted by Crippen LogP contribution is 2.33. The van der Waals surface area contributed by atoms with Crippen molar-refractivity contribution in [3.63, 3.8) is 0 Å². The first-order valence-electron chi connectivity index (χ1n) is 8.13. The number of Topliss-reactive ketones (excluding diaryl/α,β-unsaturated/α-hetero) is 1. The summed E-state index contributed by atoms with van der Waals surface area (Å²) in [5.74, 6) is 1.55. The number of carbonyl (C=O) groups is 1. The summed E-state index contributed by atoms with van der Waals surface area (Å²) in [5, 5.41) is 0.983. The lowest BCUT2D eigenvalue weighted by molar-refractivity contribution is -0.123. The molecule has 0 N–H and O–H groups in total. The average molecular weight is 301 g/mol. The van der Waals surface area contributed by atoms with Crippen molar-refractivity contribution in [2.75, 3.05) is 0 Å². The Morgan fingerprint density at radius 3 is 2.71 bits per heavy atom. The van der Waals surface area contributed by atoms with Gasteiger partial charge in [-0.25, -0.2) is 4.98 Å². The molecule has 3 heteroatoms. The second kappa shape index (κ2) is 6.69. The zero-order valence-electron chi connectivity index (χ0n) is 12.7. The number of hydrogen-bond donors (Lipinski definition) is 0. The van der Waals surface area contributed by atoms with E-state index in [0.29, 0.717) is 12.2 Å². The maximum Gasteiger partial charge on any atom is 0.142 e. The first-order valence-corrected chi connectivity index (χ1v) is 8.95. The summed E-state index contributed by atoms with van der Waals surface area (Å²) in [4.78, 5) is 17.1. The lowest BCUT2D eigenvalue weighted by Crippen LogP contribution is -2.23. The fourth-order valence-electron chi connectivity index (χ4n) is 3.47. The zero-order valence-corrected chi connectivity index (χ0v) is 13.5. The molecule has 112 valence electrons. The van der Waals surface area contributed by atoms with Crippen molar-refractivity contribution in [2.45, 2.75) is 51.9 Å². The highest BCUT2D eigenvalue weighted by atomic mass is 32.1. The summed E-state index contributed by atoms with van der Waals surface area (Å²) in [5.41, 5.74) is 1.02. The molecule has 0 amide bonds. The van der Waals surface area contributed by atoms with Crippen LogP contribution < -0.4 is 0 Å². The number of aromatic nitrogens is 1. The van der Waals surface area contributed by atoms with E-state index in [1.807, 2.05) is 18.2 Å². The van der Waals surface area contributed by atoms with Crippen molar-refractivity contribution >= 4 is 27.3 Å². The van der Waals surface area contributed by atoms with Crippen LogP contribution in [0.4, 0.5) is 0 Å². The van der Waals surface area contributed by atoms with Crippen LogP contribution in [-0.2, 0) is 11.2 Å². The summed E-state index contributed by atoms with van der Waals surface area (Å²) in [7, 11) is 0. The maximum absolute atomic E-state index is 12.5. The molecule has 0 aliphatic heterocycles. The number of carbonyl (C=O) groups excluding carboxylic acids is 1. The summed E-state index contributed by atoms with van der Waals surface area (Å²) in [6, 6.07) is 8.14. The van der Waals surface area contributed by atoms with Gasteiger partial charge in [0.05, 0.1) is 16.6 Å². The molecule has 1 aromatic heterocycles. The van der Waals surface area contributed by atoms with Crippen LogP contribution in [0.5, 0.6) is 0 Å². The number of thiazole rings is 1. The standard InChI is InChI=1S/C18H23NOS/c1-2-5-13-8-10-14(11-9-13)16(20)12-18-19-15-6-3-4-7-17(15)21-18/h3-4,6-7,13-14H,2,5,8-12H2,1H3. The van der Waals surface area contributed by atoms with Crippen molar-refractivity contribution in [3.05, 3.63) is 29.3 Å². The van der Waals surface area contributed by atoms with Gasteiger partial charge in [-0.05, 0) is 43.7 Å². The van der Waals surface area contributed by atoms with Crippen molar-refractivity contribution in [1.29, 1.82) is 0 Å². The molecule has 1 aliphatic carbocycles. The van der Waals surface area contributed by atoms with Gasteiger partial charge in [0.25, 0.3) is 0 Å². The Morgan fingerprint density at radius 1 is 1.24 bits per heavy atom. The van der Waals surface area contributed by atoms with E-state index in [1.54, 1.807) is 11.3 Å².